The second kappa shape index (κ2) is 5.30. The number of para-hydroxylation sites is 1. The van der Waals surface area contributed by atoms with Crippen LogP contribution < -0.4 is 4.52 Å². The van der Waals surface area contributed by atoms with Gasteiger partial charge in [-0.15, -0.1) is 0 Å². The lowest BCUT2D eigenvalue weighted by Crippen LogP contribution is -2.14. The van der Waals surface area contributed by atoms with E-state index in [-0.39, 0.29) is 8.69 Å². The summed E-state index contributed by atoms with van der Waals surface area (Å²) in [4.78, 5) is 5.33. The van der Waals surface area contributed by atoms with Crippen molar-refractivity contribution in [2.45, 2.75) is 6.42 Å². The van der Waals surface area contributed by atoms with Gasteiger partial charge in [-0.05, 0) is 32.1 Å². The summed E-state index contributed by atoms with van der Waals surface area (Å²) in [6.45, 7) is 0.998. The maximum absolute atomic E-state index is 10.5. The predicted octanol–water partition coefficient (Wildman–Crippen LogP) is 2.86. The molecule has 0 atom stereocenters. The fourth-order valence-corrected chi connectivity index (χ4v) is 2.08. The summed E-state index contributed by atoms with van der Waals surface area (Å²) >= 11 is 0. The number of likely N-dealkylation sites (N-methyl/N-ethyl adjacent to an activating group) is 1. The van der Waals surface area contributed by atoms with Crippen LogP contribution >= 0.6 is 8.69 Å². The number of aromatic amines is 1. The Labute approximate surface area is 102 Å². The predicted molar refractivity (Wildman–Crippen MR) is 68.8 cm³/mol. The SMILES string of the molecule is CN(C)CCc1c[nH]c2c(OP=O)cccc12. The summed E-state index contributed by atoms with van der Waals surface area (Å²) < 4.78 is 15.5. The Balaban J connectivity index is 2.33. The largest absolute Gasteiger partial charge is 0.405 e. The Bertz CT molecular complexity index is 522. The van der Waals surface area contributed by atoms with E-state index < -0.39 is 0 Å². The summed E-state index contributed by atoms with van der Waals surface area (Å²) in [7, 11) is 3.78. The average Bonchev–Trinajstić information content (AvgIpc) is 2.71. The van der Waals surface area contributed by atoms with Crippen LogP contribution in [0.3, 0.4) is 0 Å². The van der Waals surface area contributed by atoms with Crippen LogP contribution in [0.2, 0.25) is 0 Å². The Morgan fingerprint density at radius 1 is 1.41 bits per heavy atom. The monoisotopic (exact) mass is 250 g/mol. The third kappa shape index (κ3) is 2.65. The number of rotatable bonds is 5. The number of nitrogens with one attached hydrogen (secondary N) is 1. The molecule has 0 amide bonds. The van der Waals surface area contributed by atoms with E-state index in [2.05, 4.69) is 24.0 Å². The van der Waals surface area contributed by atoms with Gasteiger partial charge in [-0.3, -0.25) is 0 Å². The van der Waals surface area contributed by atoms with Crippen molar-refractivity contribution in [2.24, 2.45) is 0 Å². The Hall–Kier alpha value is -1.38. The fourth-order valence-electron chi connectivity index (χ4n) is 1.85. The van der Waals surface area contributed by atoms with Gasteiger partial charge in [0, 0.05) is 18.1 Å². The van der Waals surface area contributed by atoms with Gasteiger partial charge < -0.3 is 14.4 Å². The molecule has 5 heteroatoms. The van der Waals surface area contributed by atoms with Crippen LogP contribution in [-0.4, -0.2) is 30.5 Å². The second-order valence-corrected chi connectivity index (χ2v) is 4.54. The van der Waals surface area contributed by atoms with Gasteiger partial charge >= 0.3 is 8.69 Å². The van der Waals surface area contributed by atoms with Crippen LogP contribution in [-0.2, 0) is 11.0 Å². The van der Waals surface area contributed by atoms with Gasteiger partial charge in [0.2, 0.25) is 0 Å². The first kappa shape index (κ1) is 12.1. The smallest absolute Gasteiger partial charge is 0.395 e. The standard InChI is InChI=1S/C12H15N2O2P/c1-14(2)7-6-9-8-13-12-10(9)4-3-5-11(12)16-17-15/h3-5,8,13H,6-7H2,1-2H3. The minimum absolute atomic E-state index is 0.327. The highest BCUT2D eigenvalue weighted by atomic mass is 31.1. The lowest BCUT2D eigenvalue weighted by molar-refractivity contribution is 0.414. The minimum Gasteiger partial charge on any atom is -0.405 e. The molecule has 1 aromatic carbocycles. The van der Waals surface area contributed by atoms with Gasteiger partial charge in [0.1, 0.15) is 0 Å². The Morgan fingerprint density at radius 3 is 2.94 bits per heavy atom. The van der Waals surface area contributed by atoms with Gasteiger partial charge in [-0.2, -0.15) is 0 Å². The zero-order chi connectivity index (χ0) is 12.3. The highest BCUT2D eigenvalue weighted by molar-refractivity contribution is 7.17. The first-order valence-electron chi connectivity index (χ1n) is 5.45. The number of hydrogen-bond donors (Lipinski definition) is 1. The van der Waals surface area contributed by atoms with Crippen molar-refractivity contribution < 1.29 is 9.09 Å². The molecule has 1 N–H and O–H groups in total. The molecule has 0 aliphatic rings. The summed E-state index contributed by atoms with van der Waals surface area (Å²) in [6, 6.07) is 5.76. The summed E-state index contributed by atoms with van der Waals surface area (Å²) in [5.74, 6) is 0.621. The molecule has 0 radical (unpaired) electrons. The van der Waals surface area contributed by atoms with Crippen LogP contribution in [0.1, 0.15) is 5.56 Å². The van der Waals surface area contributed by atoms with E-state index in [0.29, 0.717) is 5.75 Å². The van der Waals surface area contributed by atoms with Gasteiger partial charge in [-0.1, -0.05) is 12.1 Å². The van der Waals surface area contributed by atoms with Crippen LogP contribution in [0.25, 0.3) is 10.9 Å². The molecule has 0 aliphatic carbocycles. The van der Waals surface area contributed by atoms with E-state index in [1.165, 1.54) is 5.56 Å². The lowest BCUT2D eigenvalue weighted by atomic mass is 10.1. The lowest BCUT2D eigenvalue weighted by Gasteiger charge is -2.08. The van der Waals surface area contributed by atoms with Gasteiger partial charge in [0.05, 0.1) is 5.52 Å². The van der Waals surface area contributed by atoms with Crippen LogP contribution in [0.4, 0.5) is 0 Å². The van der Waals surface area contributed by atoms with E-state index in [9.17, 15) is 4.57 Å². The zero-order valence-electron chi connectivity index (χ0n) is 9.93. The molecule has 2 aromatic rings. The number of fused-ring (bicyclic) bond motifs is 1. The molecule has 0 saturated carbocycles. The number of aromatic nitrogens is 1. The molecule has 1 aromatic heterocycles. The maximum atomic E-state index is 10.5. The number of H-pyrrole nitrogens is 1. The number of nitrogens with zero attached hydrogens (tertiary/aromatic N) is 1. The molecule has 1 heterocycles. The highest BCUT2D eigenvalue weighted by Crippen LogP contribution is 2.29. The van der Waals surface area contributed by atoms with Crippen LogP contribution in [0.5, 0.6) is 5.75 Å². The van der Waals surface area contributed by atoms with Crippen molar-refractivity contribution in [3.63, 3.8) is 0 Å². The van der Waals surface area contributed by atoms with Gasteiger partial charge in [0.15, 0.2) is 5.75 Å². The fraction of sp³-hybridized carbons (Fsp3) is 0.333. The van der Waals surface area contributed by atoms with Crippen LogP contribution in [0.15, 0.2) is 24.4 Å². The molecule has 0 saturated heterocycles. The molecule has 0 fully saturated rings. The quantitative estimate of drug-likeness (QED) is 0.830. The molecule has 4 nitrogen and oxygen atoms in total. The van der Waals surface area contributed by atoms with Crippen LogP contribution in [0, 0.1) is 0 Å². The van der Waals surface area contributed by atoms with Gasteiger partial charge in [0.25, 0.3) is 0 Å². The van der Waals surface area contributed by atoms with Crippen molar-refractivity contribution >= 4 is 19.6 Å². The molecule has 0 aliphatic heterocycles. The summed E-state index contributed by atoms with van der Waals surface area (Å²) in [5, 5.41) is 1.13. The molecule has 2 rings (SSSR count). The van der Waals surface area contributed by atoms with E-state index in [1.54, 1.807) is 6.07 Å². The highest BCUT2D eigenvalue weighted by Gasteiger charge is 2.08. The molecule has 0 bridgehead atoms. The molecule has 17 heavy (non-hydrogen) atoms. The maximum Gasteiger partial charge on any atom is 0.395 e. The molecular weight excluding hydrogens is 235 g/mol. The van der Waals surface area contributed by atoms with Crippen molar-refractivity contribution in [3.05, 3.63) is 30.0 Å². The summed E-state index contributed by atoms with van der Waals surface area (Å²) in [5.41, 5.74) is 2.16. The van der Waals surface area contributed by atoms with Crippen molar-refractivity contribution in [1.29, 1.82) is 0 Å². The van der Waals surface area contributed by atoms with Crippen molar-refractivity contribution in [1.82, 2.24) is 9.88 Å². The third-order valence-electron chi connectivity index (χ3n) is 2.73. The Kier molecular flexibility index (Phi) is 3.77. The third-order valence-corrected chi connectivity index (χ3v) is 3.00. The zero-order valence-corrected chi connectivity index (χ0v) is 10.8. The van der Waals surface area contributed by atoms with E-state index in [0.717, 1.165) is 23.9 Å². The number of hydrogen-bond acceptors (Lipinski definition) is 3. The summed E-state index contributed by atoms with van der Waals surface area (Å²) in [6.07, 6.45) is 2.97. The second-order valence-electron chi connectivity index (χ2n) is 4.21. The van der Waals surface area contributed by atoms with Gasteiger partial charge in [-0.25, -0.2) is 4.57 Å². The Morgan fingerprint density at radius 2 is 2.24 bits per heavy atom. The topological polar surface area (TPSA) is 45.3 Å². The van der Waals surface area contributed by atoms with E-state index >= 15 is 0 Å². The average molecular weight is 250 g/mol. The first-order chi connectivity index (χ1) is 8.22. The first-order valence-corrected chi connectivity index (χ1v) is 6.19. The number of benzene rings is 1. The van der Waals surface area contributed by atoms with E-state index in [1.807, 2.05) is 18.3 Å². The van der Waals surface area contributed by atoms with Crippen molar-refractivity contribution in [2.75, 3.05) is 20.6 Å². The molecular formula is C12H15N2O2P. The molecule has 0 spiro atoms. The van der Waals surface area contributed by atoms with Crippen molar-refractivity contribution in [3.8, 4) is 5.75 Å². The molecule has 90 valence electrons. The minimum atomic E-state index is -0.327. The molecule has 0 unspecified atom stereocenters. The van der Waals surface area contributed by atoms with E-state index in [4.69, 9.17) is 4.52 Å². The normalized spacial score (nSPS) is 11.5.